The van der Waals surface area contributed by atoms with Crippen molar-refractivity contribution in [2.75, 3.05) is 0 Å². The Kier molecular flexibility index (Phi) is 3.90. The number of sulfonamides is 1. The van der Waals surface area contributed by atoms with Crippen molar-refractivity contribution in [3.05, 3.63) is 46.5 Å². The van der Waals surface area contributed by atoms with Crippen molar-refractivity contribution in [2.45, 2.75) is 13.3 Å². The highest BCUT2D eigenvalue weighted by Gasteiger charge is 2.24. The van der Waals surface area contributed by atoms with Gasteiger partial charge >= 0.3 is 0 Å². The fourth-order valence-corrected chi connectivity index (χ4v) is 4.49. The van der Waals surface area contributed by atoms with Crippen molar-refractivity contribution >= 4 is 38.8 Å². The van der Waals surface area contributed by atoms with Gasteiger partial charge in [-0.05, 0) is 12.1 Å². The normalized spacial score (nSPS) is 11.4. The summed E-state index contributed by atoms with van der Waals surface area (Å²) >= 11 is 1.93. The number of nitrogens with zero attached hydrogens (tertiary/aromatic N) is 1. The van der Waals surface area contributed by atoms with Crippen molar-refractivity contribution in [2.24, 2.45) is 5.14 Å². The molecular weight excluding hydrogens is 308 g/mol. The maximum absolute atomic E-state index is 11.2. The topological polar surface area (TPSA) is 103 Å². The molecule has 0 amide bonds. The highest BCUT2D eigenvalue weighted by molar-refractivity contribution is 8.01. The van der Waals surface area contributed by atoms with Gasteiger partial charge in [-0.15, -0.1) is 11.3 Å². The van der Waals surface area contributed by atoms with Crippen molar-refractivity contribution in [3.63, 3.8) is 0 Å². The van der Waals surface area contributed by atoms with Gasteiger partial charge in [-0.25, -0.2) is 13.6 Å². The molecule has 0 saturated heterocycles. The SMILES string of the molecule is NS(=O)(=O)c1cc([N+](=O)[O-])c(Sc2ccccc2)s1. The predicted molar refractivity (Wildman–Crippen MR) is 72.9 cm³/mol. The lowest BCUT2D eigenvalue weighted by Crippen LogP contribution is -2.09. The van der Waals surface area contributed by atoms with Crippen LogP contribution in [0.5, 0.6) is 0 Å². The van der Waals surface area contributed by atoms with E-state index >= 15 is 0 Å². The summed E-state index contributed by atoms with van der Waals surface area (Å²) in [7, 11) is -3.93. The molecule has 19 heavy (non-hydrogen) atoms. The molecule has 0 fully saturated rings. The zero-order valence-corrected chi connectivity index (χ0v) is 11.8. The highest BCUT2D eigenvalue weighted by Crippen LogP contribution is 2.42. The van der Waals surface area contributed by atoms with Gasteiger partial charge < -0.3 is 0 Å². The Morgan fingerprint density at radius 1 is 1.26 bits per heavy atom. The molecule has 1 heterocycles. The summed E-state index contributed by atoms with van der Waals surface area (Å²) in [5.41, 5.74) is -0.247. The molecule has 0 radical (unpaired) electrons. The van der Waals surface area contributed by atoms with Crippen LogP contribution in [0.4, 0.5) is 5.69 Å². The molecule has 6 nitrogen and oxygen atoms in total. The van der Waals surface area contributed by atoms with E-state index in [0.717, 1.165) is 34.1 Å². The van der Waals surface area contributed by atoms with Gasteiger partial charge in [-0.1, -0.05) is 30.0 Å². The van der Waals surface area contributed by atoms with Crippen LogP contribution in [0, 0.1) is 10.1 Å². The quantitative estimate of drug-likeness (QED) is 0.689. The summed E-state index contributed by atoms with van der Waals surface area (Å²) in [4.78, 5) is 11.1. The second-order valence-electron chi connectivity index (χ2n) is 3.46. The van der Waals surface area contributed by atoms with Gasteiger partial charge in [0.25, 0.3) is 5.69 Å². The third-order valence-electron chi connectivity index (χ3n) is 2.09. The molecule has 9 heteroatoms. The number of thiophene rings is 1. The van der Waals surface area contributed by atoms with Crippen LogP contribution in [0.3, 0.4) is 0 Å². The van der Waals surface area contributed by atoms with Gasteiger partial charge in [0, 0.05) is 11.0 Å². The van der Waals surface area contributed by atoms with E-state index in [1.54, 1.807) is 24.3 Å². The van der Waals surface area contributed by atoms with E-state index < -0.39 is 14.9 Å². The standard InChI is InChI=1S/C10H8N2O4S3/c11-19(15,16)9-6-8(12(13)14)10(18-9)17-7-4-2-1-3-5-7/h1-6H,(H2,11,15,16). The first kappa shape index (κ1) is 14.0. The molecule has 0 aliphatic carbocycles. The van der Waals surface area contributed by atoms with E-state index in [4.69, 9.17) is 5.14 Å². The maximum Gasteiger partial charge on any atom is 0.295 e. The molecule has 0 aliphatic rings. The summed E-state index contributed by atoms with van der Waals surface area (Å²) in [6.45, 7) is 0. The fourth-order valence-electron chi connectivity index (χ4n) is 1.28. The Balaban J connectivity index is 2.45. The van der Waals surface area contributed by atoms with Crippen molar-refractivity contribution in [1.82, 2.24) is 0 Å². The number of hydrogen-bond donors (Lipinski definition) is 1. The molecule has 0 saturated carbocycles. The number of rotatable bonds is 4. The average Bonchev–Trinajstić information content (AvgIpc) is 2.74. The molecule has 100 valence electrons. The van der Waals surface area contributed by atoms with E-state index in [1.807, 2.05) is 6.07 Å². The molecule has 0 atom stereocenters. The minimum Gasteiger partial charge on any atom is -0.258 e. The fraction of sp³-hybridized carbons (Fsp3) is 0. The third kappa shape index (κ3) is 3.32. The van der Waals surface area contributed by atoms with E-state index in [1.165, 1.54) is 0 Å². The predicted octanol–water partition coefficient (Wildman–Crippen LogP) is 2.45. The zero-order valence-electron chi connectivity index (χ0n) is 9.35. The Morgan fingerprint density at radius 2 is 1.89 bits per heavy atom. The average molecular weight is 316 g/mol. The van der Waals surface area contributed by atoms with Crippen LogP contribution in [-0.4, -0.2) is 13.3 Å². The van der Waals surface area contributed by atoms with Gasteiger partial charge in [-0.2, -0.15) is 0 Å². The van der Waals surface area contributed by atoms with Crippen LogP contribution in [0.15, 0.2) is 49.7 Å². The summed E-state index contributed by atoms with van der Waals surface area (Å²) in [6, 6.07) is 9.97. The Morgan fingerprint density at radius 3 is 2.42 bits per heavy atom. The number of hydrogen-bond acceptors (Lipinski definition) is 6. The lowest BCUT2D eigenvalue weighted by atomic mass is 10.4. The lowest BCUT2D eigenvalue weighted by molar-refractivity contribution is -0.387. The van der Waals surface area contributed by atoms with Crippen molar-refractivity contribution in [3.8, 4) is 0 Å². The van der Waals surface area contributed by atoms with Crippen molar-refractivity contribution < 1.29 is 13.3 Å². The van der Waals surface area contributed by atoms with Crippen LogP contribution in [0.1, 0.15) is 0 Å². The molecule has 1 aromatic carbocycles. The molecule has 2 N–H and O–H groups in total. The van der Waals surface area contributed by atoms with E-state index in [-0.39, 0.29) is 9.90 Å². The molecule has 0 unspecified atom stereocenters. The summed E-state index contributed by atoms with van der Waals surface area (Å²) in [6.07, 6.45) is 0. The summed E-state index contributed by atoms with van der Waals surface area (Å²) in [5, 5.41) is 15.9. The van der Waals surface area contributed by atoms with Crippen LogP contribution in [0.25, 0.3) is 0 Å². The molecule has 0 bridgehead atoms. The summed E-state index contributed by atoms with van der Waals surface area (Å²) in [5.74, 6) is 0. The first-order valence-corrected chi connectivity index (χ1v) is 8.10. The second-order valence-corrected chi connectivity index (χ2v) is 7.64. The van der Waals surface area contributed by atoms with Crippen LogP contribution < -0.4 is 5.14 Å². The molecule has 0 aliphatic heterocycles. The number of nitro groups is 1. The second kappa shape index (κ2) is 5.29. The van der Waals surface area contributed by atoms with Gasteiger partial charge in [0.2, 0.25) is 10.0 Å². The van der Waals surface area contributed by atoms with E-state index in [2.05, 4.69) is 0 Å². The van der Waals surface area contributed by atoms with Gasteiger partial charge in [-0.3, -0.25) is 10.1 Å². The smallest absolute Gasteiger partial charge is 0.258 e. The largest absolute Gasteiger partial charge is 0.295 e. The molecule has 1 aromatic heterocycles. The lowest BCUT2D eigenvalue weighted by Gasteiger charge is -1.97. The number of primary sulfonamides is 1. The van der Waals surface area contributed by atoms with E-state index in [0.29, 0.717) is 4.21 Å². The van der Waals surface area contributed by atoms with Crippen LogP contribution >= 0.6 is 23.1 Å². The van der Waals surface area contributed by atoms with Gasteiger partial charge in [0.05, 0.1) is 4.92 Å². The highest BCUT2D eigenvalue weighted by atomic mass is 32.3. The first-order valence-electron chi connectivity index (χ1n) is 4.92. The summed E-state index contributed by atoms with van der Waals surface area (Å²) < 4.78 is 22.5. The minimum atomic E-state index is -3.93. The molecular formula is C10H8N2O4S3. The Hall–Kier alpha value is -1.42. The number of nitrogens with two attached hydrogens (primary N) is 1. The van der Waals surface area contributed by atoms with Crippen LogP contribution in [0.2, 0.25) is 0 Å². The Labute approximate surface area is 117 Å². The Bertz CT molecular complexity index is 710. The van der Waals surface area contributed by atoms with E-state index in [9.17, 15) is 18.5 Å². The van der Waals surface area contributed by atoms with Crippen LogP contribution in [-0.2, 0) is 10.0 Å². The minimum absolute atomic E-state index is 0.211. The number of benzene rings is 1. The molecule has 2 aromatic rings. The first-order chi connectivity index (χ1) is 8.88. The zero-order chi connectivity index (χ0) is 14.0. The molecule has 0 spiro atoms. The van der Waals surface area contributed by atoms with Gasteiger partial charge in [0.1, 0.15) is 8.42 Å². The molecule has 2 rings (SSSR count). The maximum atomic E-state index is 11.2. The van der Waals surface area contributed by atoms with Gasteiger partial charge in [0.15, 0.2) is 0 Å². The third-order valence-corrected chi connectivity index (χ3v) is 5.83. The monoisotopic (exact) mass is 316 g/mol. The van der Waals surface area contributed by atoms with Crippen molar-refractivity contribution in [1.29, 1.82) is 0 Å².